The van der Waals surface area contributed by atoms with E-state index in [0.29, 0.717) is 0 Å². The molecule has 0 atom stereocenters. The Balaban J connectivity index is 2.66. The molecule has 3 heteroatoms. The van der Waals surface area contributed by atoms with Gasteiger partial charge in [-0.25, -0.2) is 0 Å². The van der Waals surface area contributed by atoms with Crippen molar-refractivity contribution in [3.63, 3.8) is 0 Å². The van der Waals surface area contributed by atoms with E-state index in [1.807, 2.05) is 56.6 Å². The second-order valence-electron chi connectivity index (χ2n) is 3.96. The third kappa shape index (κ3) is 4.65. The van der Waals surface area contributed by atoms with E-state index in [1.165, 1.54) is 0 Å². The first-order chi connectivity index (χ1) is 8.15. The number of nitrogens with zero attached hydrogens (tertiary/aromatic N) is 1. The van der Waals surface area contributed by atoms with Crippen molar-refractivity contribution in [1.82, 2.24) is 4.90 Å². The topological polar surface area (TPSA) is 20.3 Å². The molecule has 92 valence electrons. The maximum atomic E-state index is 12.0. The Kier molecular flexibility index (Phi) is 5.84. The molecule has 17 heavy (non-hydrogen) atoms. The average molecular weight is 249 g/mol. The van der Waals surface area contributed by atoms with Crippen LogP contribution in [0, 0.1) is 0 Å². The minimum Gasteiger partial charge on any atom is -0.341 e. The van der Waals surface area contributed by atoms with Crippen LogP contribution in [0.2, 0.25) is 0 Å². The van der Waals surface area contributed by atoms with Crippen molar-refractivity contribution in [3.05, 3.63) is 41.5 Å². The maximum Gasteiger partial charge on any atom is 0.249 e. The van der Waals surface area contributed by atoms with Crippen LogP contribution in [0.25, 0.3) is 6.08 Å². The highest BCUT2D eigenvalue weighted by molar-refractivity contribution is 7.98. The Morgan fingerprint density at radius 2 is 2.00 bits per heavy atom. The number of carbonyl (C=O) groups is 1. The van der Waals surface area contributed by atoms with E-state index in [4.69, 9.17) is 0 Å². The number of hydrogen-bond acceptors (Lipinski definition) is 2. The molecule has 0 unspecified atom stereocenters. The van der Waals surface area contributed by atoms with Gasteiger partial charge in [-0.2, -0.15) is 11.8 Å². The minimum atomic E-state index is 0.0999. The molecule has 1 aromatic rings. The van der Waals surface area contributed by atoms with Gasteiger partial charge >= 0.3 is 0 Å². The number of amides is 1. The largest absolute Gasteiger partial charge is 0.341 e. The van der Waals surface area contributed by atoms with Crippen molar-refractivity contribution in [2.75, 3.05) is 25.6 Å². The average Bonchev–Trinajstić information content (AvgIpc) is 2.36. The van der Waals surface area contributed by atoms with Gasteiger partial charge in [-0.1, -0.05) is 30.3 Å². The lowest BCUT2D eigenvalue weighted by Crippen LogP contribution is -2.29. The van der Waals surface area contributed by atoms with E-state index in [0.717, 1.165) is 23.4 Å². The van der Waals surface area contributed by atoms with Crippen LogP contribution in [0.3, 0.4) is 0 Å². The monoisotopic (exact) mass is 249 g/mol. The first-order valence-electron chi connectivity index (χ1n) is 5.63. The van der Waals surface area contributed by atoms with Crippen molar-refractivity contribution in [2.45, 2.75) is 6.92 Å². The molecule has 0 spiro atoms. The Morgan fingerprint density at radius 3 is 2.59 bits per heavy atom. The molecule has 0 aromatic heterocycles. The van der Waals surface area contributed by atoms with E-state index in [-0.39, 0.29) is 5.91 Å². The second-order valence-corrected chi connectivity index (χ2v) is 4.94. The molecule has 0 aliphatic rings. The Morgan fingerprint density at radius 1 is 1.35 bits per heavy atom. The summed E-state index contributed by atoms with van der Waals surface area (Å²) >= 11 is 1.75. The summed E-state index contributed by atoms with van der Waals surface area (Å²) in [6.07, 6.45) is 3.98. The third-order valence-electron chi connectivity index (χ3n) is 2.50. The van der Waals surface area contributed by atoms with E-state index >= 15 is 0 Å². The lowest BCUT2D eigenvalue weighted by molar-refractivity contribution is -0.125. The van der Waals surface area contributed by atoms with Gasteiger partial charge in [0.05, 0.1) is 0 Å². The maximum absolute atomic E-state index is 12.0. The molecule has 0 saturated heterocycles. The van der Waals surface area contributed by atoms with Crippen LogP contribution in [0.4, 0.5) is 0 Å². The van der Waals surface area contributed by atoms with Crippen molar-refractivity contribution < 1.29 is 4.79 Å². The molecule has 2 nitrogen and oxygen atoms in total. The standard InChI is InChI=1S/C14H19NOS/c1-12(11-13-7-5-4-6-8-13)14(16)15(2)9-10-17-3/h4-8,11H,9-10H2,1-3H3/b12-11+. The van der Waals surface area contributed by atoms with E-state index < -0.39 is 0 Å². The van der Waals surface area contributed by atoms with E-state index in [1.54, 1.807) is 16.7 Å². The molecular formula is C14H19NOS. The first-order valence-corrected chi connectivity index (χ1v) is 7.02. The molecule has 0 N–H and O–H groups in total. The van der Waals surface area contributed by atoms with Crippen LogP contribution in [-0.4, -0.2) is 36.4 Å². The number of carbonyl (C=O) groups excluding carboxylic acids is 1. The molecule has 0 saturated carbocycles. The van der Waals surface area contributed by atoms with Gasteiger partial charge in [0, 0.05) is 24.9 Å². The third-order valence-corrected chi connectivity index (χ3v) is 3.09. The summed E-state index contributed by atoms with van der Waals surface area (Å²) in [7, 11) is 1.85. The van der Waals surface area contributed by atoms with Crippen LogP contribution in [0.1, 0.15) is 12.5 Å². The molecule has 1 rings (SSSR count). The smallest absolute Gasteiger partial charge is 0.249 e. The molecule has 1 aromatic carbocycles. The molecule has 0 aliphatic heterocycles. The van der Waals surface area contributed by atoms with Crippen molar-refractivity contribution >= 4 is 23.7 Å². The van der Waals surface area contributed by atoms with Crippen LogP contribution >= 0.6 is 11.8 Å². The van der Waals surface area contributed by atoms with Gasteiger partial charge in [0.2, 0.25) is 5.91 Å². The van der Waals surface area contributed by atoms with Gasteiger partial charge in [-0.15, -0.1) is 0 Å². The van der Waals surface area contributed by atoms with Gasteiger partial charge in [0.25, 0.3) is 0 Å². The number of hydrogen-bond donors (Lipinski definition) is 0. The summed E-state index contributed by atoms with van der Waals surface area (Å²) in [5.74, 6) is 1.07. The summed E-state index contributed by atoms with van der Waals surface area (Å²) in [6, 6.07) is 9.92. The van der Waals surface area contributed by atoms with Crippen LogP contribution in [0.15, 0.2) is 35.9 Å². The first kappa shape index (κ1) is 13.8. The lowest BCUT2D eigenvalue weighted by atomic mass is 10.1. The summed E-state index contributed by atoms with van der Waals surface area (Å²) in [6.45, 7) is 2.66. The molecule has 0 heterocycles. The summed E-state index contributed by atoms with van der Waals surface area (Å²) in [5.41, 5.74) is 1.84. The Bertz CT molecular complexity index is 386. The van der Waals surface area contributed by atoms with E-state index in [9.17, 15) is 4.79 Å². The van der Waals surface area contributed by atoms with Crippen molar-refractivity contribution in [1.29, 1.82) is 0 Å². The van der Waals surface area contributed by atoms with Gasteiger partial charge in [0.15, 0.2) is 0 Å². The van der Waals surface area contributed by atoms with E-state index in [2.05, 4.69) is 0 Å². The normalized spacial score (nSPS) is 11.4. The number of benzene rings is 1. The molecule has 0 fully saturated rings. The van der Waals surface area contributed by atoms with Crippen LogP contribution in [-0.2, 0) is 4.79 Å². The molecule has 0 bridgehead atoms. The molecule has 1 amide bonds. The van der Waals surface area contributed by atoms with Gasteiger partial charge < -0.3 is 4.90 Å². The Hall–Kier alpha value is -1.22. The lowest BCUT2D eigenvalue weighted by Gasteiger charge is -2.16. The number of likely N-dealkylation sites (N-methyl/N-ethyl adjacent to an activating group) is 1. The molecule has 0 radical (unpaired) electrons. The summed E-state index contributed by atoms with van der Waals surface area (Å²) in [4.78, 5) is 13.8. The highest BCUT2D eigenvalue weighted by atomic mass is 32.2. The van der Waals surface area contributed by atoms with Gasteiger partial charge in [-0.3, -0.25) is 4.79 Å². The predicted molar refractivity (Wildman–Crippen MR) is 76.1 cm³/mol. The van der Waals surface area contributed by atoms with Crippen LogP contribution in [0.5, 0.6) is 0 Å². The Labute approximate surface area is 108 Å². The van der Waals surface area contributed by atoms with Gasteiger partial charge in [-0.05, 0) is 24.8 Å². The fourth-order valence-electron chi connectivity index (χ4n) is 1.49. The zero-order chi connectivity index (χ0) is 12.7. The van der Waals surface area contributed by atoms with Crippen molar-refractivity contribution in [2.24, 2.45) is 0 Å². The SMILES string of the molecule is CSCCN(C)C(=O)/C(C)=C/c1ccccc1. The number of rotatable bonds is 5. The van der Waals surface area contributed by atoms with Gasteiger partial charge in [0.1, 0.15) is 0 Å². The zero-order valence-electron chi connectivity index (χ0n) is 10.6. The minimum absolute atomic E-state index is 0.0999. The predicted octanol–water partition coefficient (Wildman–Crippen LogP) is 2.91. The summed E-state index contributed by atoms with van der Waals surface area (Å²) in [5, 5.41) is 0. The second kappa shape index (κ2) is 7.17. The fourth-order valence-corrected chi connectivity index (χ4v) is 1.95. The van der Waals surface area contributed by atoms with Crippen LogP contribution < -0.4 is 0 Å². The highest BCUT2D eigenvalue weighted by Gasteiger charge is 2.09. The highest BCUT2D eigenvalue weighted by Crippen LogP contribution is 2.08. The molecular weight excluding hydrogens is 230 g/mol. The zero-order valence-corrected chi connectivity index (χ0v) is 11.5. The summed E-state index contributed by atoms with van der Waals surface area (Å²) < 4.78 is 0. The fraction of sp³-hybridized carbons (Fsp3) is 0.357. The number of thioether (sulfide) groups is 1. The quantitative estimate of drug-likeness (QED) is 0.748. The molecule has 0 aliphatic carbocycles. The van der Waals surface area contributed by atoms with Crippen molar-refractivity contribution in [3.8, 4) is 0 Å².